The van der Waals surface area contributed by atoms with E-state index in [0.29, 0.717) is 36.1 Å². The number of fused-ring (bicyclic) bond motifs is 1. The summed E-state index contributed by atoms with van der Waals surface area (Å²) >= 11 is 0. The normalized spacial score (nSPS) is 14.0. The zero-order chi connectivity index (χ0) is 16.2. The van der Waals surface area contributed by atoms with Crippen molar-refractivity contribution in [1.29, 1.82) is 0 Å². The predicted molar refractivity (Wildman–Crippen MR) is 85.5 cm³/mol. The van der Waals surface area contributed by atoms with E-state index in [2.05, 4.69) is 10.6 Å². The molecule has 3 rings (SSSR count). The summed E-state index contributed by atoms with van der Waals surface area (Å²) in [5, 5.41) is 5.83. The van der Waals surface area contributed by atoms with Crippen LogP contribution in [0.3, 0.4) is 0 Å². The van der Waals surface area contributed by atoms with Gasteiger partial charge in [-0.1, -0.05) is 0 Å². The quantitative estimate of drug-likeness (QED) is 0.910. The van der Waals surface area contributed by atoms with Crippen LogP contribution in [0, 0.1) is 5.82 Å². The summed E-state index contributed by atoms with van der Waals surface area (Å²) < 4.78 is 23.8. The van der Waals surface area contributed by atoms with Gasteiger partial charge in [-0.15, -0.1) is 0 Å². The van der Waals surface area contributed by atoms with Gasteiger partial charge >= 0.3 is 0 Å². The Labute approximate surface area is 133 Å². The van der Waals surface area contributed by atoms with Gasteiger partial charge in [0.1, 0.15) is 25.1 Å². The van der Waals surface area contributed by atoms with Crippen LogP contribution in [0.5, 0.6) is 11.5 Å². The van der Waals surface area contributed by atoms with Crippen molar-refractivity contribution >= 4 is 17.3 Å². The number of carbonyl (C=O) groups excluding carboxylic acids is 1. The first kappa shape index (κ1) is 15.1. The molecule has 6 heteroatoms. The summed E-state index contributed by atoms with van der Waals surface area (Å²) in [5.74, 6) is 0.773. The maximum atomic E-state index is 12.9. The van der Waals surface area contributed by atoms with Gasteiger partial charge in [0.2, 0.25) is 5.91 Å². The third-order valence-corrected chi connectivity index (χ3v) is 3.43. The van der Waals surface area contributed by atoms with E-state index in [1.165, 1.54) is 12.1 Å². The number of rotatable bonds is 4. The minimum atomic E-state index is -0.478. The molecule has 0 bridgehead atoms. The maximum Gasteiger partial charge on any atom is 0.246 e. The zero-order valence-corrected chi connectivity index (χ0v) is 12.6. The molecule has 0 saturated carbocycles. The van der Waals surface area contributed by atoms with E-state index >= 15 is 0 Å². The van der Waals surface area contributed by atoms with Crippen molar-refractivity contribution in [3.05, 3.63) is 48.3 Å². The molecule has 0 unspecified atom stereocenters. The van der Waals surface area contributed by atoms with Crippen molar-refractivity contribution in [1.82, 2.24) is 0 Å². The van der Waals surface area contributed by atoms with Crippen LogP contribution in [0.1, 0.15) is 6.92 Å². The van der Waals surface area contributed by atoms with Crippen LogP contribution in [0.4, 0.5) is 15.8 Å². The Morgan fingerprint density at radius 1 is 1.04 bits per heavy atom. The highest BCUT2D eigenvalue weighted by atomic mass is 19.1. The Hall–Kier alpha value is -2.76. The number of hydrogen-bond acceptors (Lipinski definition) is 4. The molecule has 1 amide bonds. The Kier molecular flexibility index (Phi) is 4.32. The standard InChI is InChI=1S/C17H17FN2O3/c1-11(19-13-4-2-12(18)3-5-13)17(21)20-14-6-7-15-16(10-14)23-9-8-22-15/h2-7,10-11,19H,8-9H2,1H3,(H,20,21)/t11-/m1/s1. The lowest BCUT2D eigenvalue weighted by atomic mass is 10.2. The highest BCUT2D eigenvalue weighted by Gasteiger charge is 2.16. The SMILES string of the molecule is C[C@@H](Nc1ccc(F)cc1)C(=O)Nc1ccc2c(c1)OCCO2. The summed E-state index contributed by atoms with van der Waals surface area (Å²) in [6.07, 6.45) is 0. The first-order chi connectivity index (χ1) is 11.1. The molecule has 0 radical (unpaired) electrons. The first-order valence-corrected chi connectivity index (χ1v) is 7.34. The van der Waals surface area contributed by atoms with Crippen LogP contribution in [-0.2, 0) is 4.79 Å². The van der Waals surface area contributed by atoms with Crippen molar-refractivity contribution in [3.8, 4) is 11.5 Å². The maximum absolute atomic E-state index is 12.9. The average Bonchev–Trinajstić information content (AvgIpc) is 2.56. The second-order valence-corrected chi connectivity index (χ2v) is 5.22. The van der Waals surface area contributed by atoms with Gasteiger partial charge in [0.15, 0.2) is 11.5 Å². The van der Waals surface area contributed by atoms with Crippen LogP contribution >= 0.6 is 0 Å². The fourth-order valence-electron chi connectivity index (χ4n) is 2.23. The Bertz CT molecular complexity index is 703. The lowest BCUT2D eigenvalue weighted by Crippen LogP contribution is -2.31. The van der Waals surface area contributed by atoms with Crippen LogP contribution in [0.2, 0.25) is 0 Å². The third kappa shape index (κ3) is 3.71. The van der Waals surface area contributed by atoms with Gasteiger partial charge in [-0.25, -0.2) is 4.39 Å². The molecule has 120 valence electrons. The molecule has 1 atom stereocenters. The van der Waals surface area contributed by atoms with E-state index in [1.807, 2.05) is 0 Å². The molecule has 0 saturated heterocycles. The summed E-state index contributed by atoms with van der Waals surface area (Å²) in [7, 11) is 0. The molecule has 1 heterocycles. The molecule has 0 aliphatic carbocycles. The van der Waals surface area contributed by atoms with Gasteiger partial charge in [0, 0.05) is 17.4 Å². The van der Waals surface area contributed by atoms with Gasteiger partial charge in [0.05, 0.1) is 0 Å². The van der Waals surface area contributed by atoms with E-state index in [9.17, 15) is 9.18 Å². The number of amides is 1. The van der Waals surface area contributed by atoms with Gasteiger partial charge in [0.25, 0.3) is 0 Å². The summed E-state index contributed by atoms with van der Waals surface area (Å²) in [6.45, 7) is 2.75. The molecule has 2 aromatic rings. The fourth-order valence-corrected chi connectivity index (χ4v) is 2.23. The summed E-state index contributed by atoms with van der Waals surface area (Å²) in [6, 6.07) is 10.6. The minimum absolute atomic E-state index is 0.203. The number of ether oxygens (including phenoxy) is 2. The molecule has 5 nitrogen and oxygen atoms in total. The van der Waals surface area contributed by atoms with E-state index in [0.717, 1.165) is 0 Å². The topological polar surface area (TPSA) is 59.6 Å². The molecule has 2 N–H and O–H groups in total. The molecular weight excluding hydrogens is 299 g/mol. The summed E-state index contributed by atoms with van der Waals surface area (Å²) in [5.41, 5.74) is 1.31. The molecular formula is C17H17FN2O3. The number of benzene rings is 2. The molecule has 2 aromatic carbocycles. The number of halogens is 1. The summed E-state index contributed by atoms with van der Waals surface area (Å²) in [4.78, 5) is 12.2. The Morgan fingerprint density at radius 3 is 2.43 bits per heavy atom. The second kappa shape index (κ2) is 6.56. The van der Waals surface area contributed by atoms with Gasteiger partial charge in [-0.3, -0.25) is 4.79 Å². The van der Waals surface area contributed by atoms with Crippen molar-refractivity contribution in [2.75, 3.05) is 23.8 Å². The van der Waals surface area contributed by atoms with E-state index in [-0.39, 0.29) is 11.7 Å². The Balaban J connectivity index is 1.63. The van der Waals surface area contributed by atoms with Crippen molar-refractivity contribution in [2.45, 2.75) is 13.0 Å². The van der Waals surface area contributed by atoms with Gasteiger partial charge < -0.3 is 20.1 Å². The number of hydrogen-bond donors (Lipinski definition) is 2. The van der Waals surface area contributed by atoms with E-state index < -0.39 is 6.04 Å². The largest absolute Gasteiger partial charge is 0.486 e. The highest BCUT2D eigenvalue weighted by molar-refractivity contribution is 5.96. The second-order valence-electron chi connectivity index (χ2n) is 5.22. The van der Waals surface area contributed by atoms with Crippen LogP contribution in [0.15, 0.2) is 42.5 Å². The fraction of sp³-hybridized carbons (Fsp3) is 0.235. The monoisotopic (exact) mass is 316 g/mol. The molecule has 23 heavy (non-hydrogen) atoms. The predicted octanol–water partition coefficient (Wildman–Crippen LogP) is 3.04. The zero-order valence-electron chi connectivity index (χ0n) is 12.6. The first-order valence-electron chi connectivity index (χ1n) is 7.34. The van der Waals surface area contributed by atoms with E-state index in [1.54, 1.807) is 37.3 Å². The van der Waals surface area contributed by atoms with Crippen LogP contribution in [-0.4, -0.2) is 25.2 Å². The number of nitrogens with one attached hydrogen (secondary N) is 2. The lowest BCUT2D eigenvalue weighted by Gasteiger charge is -2.20. The van der Waals surface area contributed by atoms with Crippen molar-refractivity contribution < 1.29 is 18.7 Å². The molecule has 1 aliphatic heterocycles. The van der Waals surface area contributed by atoms with Gasteiger partial charge in [-0.05, 0) is 43.3 Å². The molecule has 0 aromatic heterocycles. The third-order valence-electron chi connectivity index (χ3n) is 3.43. The van der Waals surface area contributed by atoms with Crippen LogP contribution in [0.25, 0.3) is 0 Å². The number of anilines is 2. The average molecular weight is 316 g/mol. The van der Waals surface area contributed by atoms with Crippen molar-refractivity contribution in [3.63, 3.8) is 0 Å². The molecule has 0 spiro atoms. The Morgan fingerprint density at radius 2 is 1.70 bits per heavy atom. The van der Waals surface area contributed by atoms with E-state index in [4.69, 9.17) is 9.47 Å². The minimum Gasteiger partial charge on any atom is -0.486 e. The van der Waals surface area contributed by atoms with Crippen LogP contribution < -0.4 is 20.1 Å². The van der Waals surface area contributed by atoms with Gasteiger partial charge in [-0.2, -0.15) is 0 Å². The van der Waals surface area contributed by atoms with Crippen molar-refractivity contribution in [2.24, 2.45) is 0 Å². The molecule has 0 fully saturated rings. The lowest BCUT2D eigenvalue weighted by molar-refractivity contribution is -0.116. The number of carbonyl (C=O) groups is 1. The smallest absolute Gasteiger partial charge is 0.246 e. The highest BCUT2D eigenvalue weighted by Crippen LogP contribution is 2.32. The molecule has 1 aliphatic rings.